The third kappa shape index (κ3) is 2.26. The third-order valence-electron chi connectivity index (χ3n) is 7.40. The summed E-state index contributed by atoms with van der Waals surface area (Å²) in [5.74, 6) is 1.15. The highest BCUT2D eigenvalue weighted by molar-refractivity contribution is 5.66. The van der Waals surface area contributed by atoms with Gasteiger partial charge in [-0.05, 0) is 80.5 Å². The van der Waals surface area contributed by atoms with Crippen LogP contribution in [0, 0.1) is 28.6 Å². The van der Waals surface area contributed by atoms with Crippen molar-refractivity contribution < 1.29 is 9.90 Å². The van der Waals surface area contributed by atoms with Gasteiger partial charge in [-0.15, -0.1) is 0 Å². The van der Waals surface area contributed by atoms with Gasteiger partial charge in [0.15, 0.2) is 0 Å². The maximum atomic E-state index is 11.2. The highest BCUT2D eigenvalue weighted by atomic mass is 16.4. The van der Waals surface area contributed by atoms with E-state index in [1.807, 2.05) is 0 Å². The first-order valence-electron chi connectivity index (χ1n) is 8.83. The maximum absolute atomic E-state index is 11.2. The Morgan fingerprint density at radius 1 is 1.36 bits per heavy atom. The van der Waals surface area contributed by atoms with Gasteiger partial charge in [-0.3, -0.25) is 4.79 Å². The Balaban J connectivity index is 1.95. The number of hydrogen-bond donors (Lipinski definition) is 1. The molecule has 1 N–H and O–H groups in total. The van der Waals surface area contributed by atoms with Crippen molar-refractivity contribution in [2.45, 2.75) is 65.2 Å². The largest absolute Gasteiger partial charge is 0.481 e. The molecule has 0 aromatic heterocycles. The summed E-state index contributed by atoms with van der Waals surface area (Å²) in [7, 11) is 0. The van der Waals surface area contributed by atoms with Crippen LogP contribution in [-0.2, 0) is 4.79 Å². The second-order valence-electron chi connectivity index (χ2n) is 8.56. The molecule has 5 atom stereocenters. The van der Waals surface area contributed by atoms with E-state index < -0.39 is 5.97 Å². The Hall–Kier alpha value is -1.05. The number of carbonyl (C=O) groups is 1. The molecule has 122 valence electrons. The average molecular weight is 302 g/mol. The average Bonchev–Trinajstić information content (AvgIpc) is 2.45. The Morgan fingerprint density at radius 2 is 2.05 bits per heavy atom. The first-order chi connectivity index (χ1) is 10.3. The minimum Gasteiger partial charge on any atom is -0.481 e. The molecule has 0 amide bonds. The quantitative estimate of drug-likeness (QED) is 0.724. The van der Waals surface area contributed by atoms with E-state index in [4.69, 9.17) is 0 Å². The van der Waals surface area contributed by atoms with Gasteiger partial charge in [-0.25, -0.2) is 0 Å². The molecule has 5 unspecified atom stereocenters. The van der Waals surface area contributed by atoms with Crippen LogP contribution in [0.5, 0.6) is 0 Å². The third-order valence-corrected chi connectivity index (χ3v) is 7.40. The lowest BCUT2D eigenvalue weighted by atomic mass is 9.40. The van der Waals surface area contributed by atoms with E-state index in [1.54, 1.807) is 0 Å². The normalized spacial score (nSPS) is 43.7. The second kappa shape index (κ2) is 5.25. The molecule has 2 heteroatoms. The van der Waals surface area contributed by atoms with Gasteiger partial charge in [0.05, 0.1) is 0 Å². The molecule has 4 rings (SSSR count). The van der Waals surface area contributed by atoms with Crippen molar-refractivity contribution in [1.29, 1.82) is 0 Å². The molecule has 0 aromatic carbocycles. The van der Waals surface area contributed by atoms with Crippen LogP contribution in [0.3, 0.4) is 0 Å². The second-order valence-corrected chi connectivity index (χ2v) is 8.56. The molecule has 4 fully saturated rings. The lowest BCUT2D eigenvalue weighted by Crippen LogP contribution is -2.56. The van der Waals surface area contributed by atoms with E-state index >= 15 is 0 Å². The molecule has 4 aliphatic rings. The Bertz CT molecular complexity index is 520. The van der Waals surface area contributed by atoms with Crippen LogP contribution >= 0.6 is 0 Å². The molecular formula is C20H30O2. The summed E-state index contributed by atoms with van der Waals surface area (Å²) in [5.41, 5.74) is 3.23. The number of allylic oxidation sites excluding steroid dienone is 2. The minimum atomic E-state index is -0.660. The van der Waals surface area contributed by atoms with Crippen LogP contribution in [-0.4, -0.2) is 11.1 Å². The molecular weight excluding hydrogens is 272 g/mol. The Morgan fingerprint density at radius 3 is 2.64 bits per heavy atom. The zero-order chi connectivity index (χ0) is 16.1. The van der Waals surface area contributed by atoms with E-state index in [0.717, 1.165) is 6.42 Å². The number of fused-ring (bicyclic) bond motifs is 2. The van der Waals surface area contributed by atoms with Gasteiger partial charge in [0, 0.05) is 6.42 Å². The number of hydrogen-bond acceptors (Lipinski definition) is 1. The summed E-state index contributed by atoms with van der Waals surface area (Å²) in [5, 5.41) is 9.22. The summed E-state index contributed by atoms with van der Waals surface area (Å²) in [4.78, 5) is 11.2. The highest BCUT2D eigenvalue weighted by Crippen LogP contribution is 2.69. The minimum absolute atomic E-state index is 0.0991. The van der Waals surface area contributed by atoms with E-state index in [0.29, 0.717) is 29.6 Å². The molecule has 0 aliphatic heterocycles. The van der Waals surface area contributed by atoms with Crippen LogP contribution < -0.4 is 0 Å². The Kier molecular flexibility index (Phi) is 3.78. The molecule has 4 aliphatic carbocycles. The van der Waals surface area contributed by atoms with Crippen molar-refractivity contribution >= 4 is 5.97 Å². The van der Waals surface area contributed by atoms with Crippen LogP contribution in [0.1, 0.15) is 65.2 Å². The molecule has 2 bridgehead atoms. The predicted octanol–water partition coefficient (Wildman–Crippen LogP) is 5.21. The summed E-state index contributed by atoms with van der Waals surface area (Å²) in [6.07, 6.45) is 8.61. The van der Waals surface area contributed by atoms with E-state index in [-0.39, 0.29) is 5.41 Å². The first-order valence-corrected chi connectivity index (χ1v) is 8.83. The predicted molar refractivity (Wildman–Crippen MR) is 89.5 cm³/mol. The molecule has 22 heavy (non-hydrogen) atoms. The smallest absolute Gasteiger partial charge is 0.303 e. The van der Waals surface area contributed by atoms with Crippen molar-refractivity contribution in [3.63, 3.8) is 0 Å². The fourth-order valence-corrected chi connectivity index (χ4v) is 6.36. The van der Waals surface area contributed by atoms with E-state index in [2.05, 4.69) is 27.0 Å². The topological polar surface area (TPSA) is 37.3 Å². The summed E-state index contributed by atoms with van der Waals surface area (Å²) in [6, 6.07) is 0. The lowest BCUT2D eigenvalue weighted by molar-refractivity contribution is -0.142. The summed E-state index contributed by atoms with van der Waals surface area (Å²) < 4.78 is 0. The summed E-state index contributed by atoms with van der Waals surface area (Å²) >= 11 is 0. The van der Waals surface area contributed by atoms with Gasteiger partial charge in [0.25, 0.3) is 0 Å². The van der Waals surface area contributed by atoms with Crippen LogP contribution in [0.25, 0.3) is 0 Å². The van der Waals surface area contributed by atoms with Gasteiger partial charge in [-0.2, -0.15) is 0 Å². The van der Waals surface area contributed by atoms with Gasteiger partial charge < -0.3 is 5.11 Å². The summed E-state index contributed by atoms with van der Waals surface area (Å²) in [6.45, 7) is 13.1. The standard InChI is InChI=1S/C20H30O2/c1-13(2)16-6-10-20-9-5-15(14(3)12-20)11-17(20)19(16,4)8-7-18(21)22/h15-17H,1,3,5-12H2,2,4H3,(H,21,22). The fourth-order valence-electron chi connectivity index (χ4n) is 6.36. The van der Waals surface area contributed by atoms with Crippen molar-refractivity contribution in [3.05, 3.63) is 24.3 Å². The maximum Gasteiger partial charge on any atom is 0.303 e. The van der Waals surface area contributed by atoms with Crippen LogP contribution in [0.4, 0.5) is 0 Å². The monoisotopic (exact) mass is 302 g/mol. The fraction of sp³-hybridized carbons (Fsp3) is 0.750. The number of rotatable bonds is 4. The zero-order valence-electron chi connectivity index (χ0n) is 14.2. The van der Waals surface area contributed by atoms with Gasteiger partial charge in [0.1, 0.15) is 0 Å². The van der Waals surface area contributed by atoms with Crippen molar-refractivity contribution in [2.75, 3.05) is 0 Å². The first kappa shape index (κ1) is 15.8. The molecule has 2 nitrogen and oxygen atoms in total. The molecule has 0 saturated heterocycles. The van der Waals surface area contributed by atoms with E-state index in [9.17, 15) is 9.90 Å². The molecule has 1 spiro atoms. The van der Waals surface area contributed by atoms with Crippen molar-refractivity contribution in [2.24, 2.45) is 28.6 Å². The van der Waals surface area contributed by atoms with E-state index in [1.165, 1.54) is 49.7 Å². The molecule has 0 heterocycles. The molecule has 0 radical (unpaired) electrons. The van der Waals surface area contributed by atoms with Crippen LogP contribution in [0.15, 0.2) is 24.3 Å². The van der Waals surface area contributed by atoms with Crippen LogP contribution in [0.2, 0.25) is 0 Å². The zero-order valence-corrected chi connectivity index (χ0v) is 14.2. The molecule has 0 aromatic rings. The van der Waals surface area contributed by atoms with Gasteiger partial charge >= 0.3 is 5.97 Å². The number of carboxylic acids is 1. The van der Waals surface area contributed by atoms with Crippen molar-refractivity contribution in [3.8, 4) is 0 Å². The Labute approximate surface area is 134 Å². The van der Waals surface area contributed by atoms with Gasteiger partial charge in [0.2, 0.25) is 0 Å². The van der Waals surface area contributed by atoms with Crippen molar-refractivity contribution in [1.82, 2.24) is 0 Å². The highest BCUT2D eigenvalue weighted by Gasteiger charge is 2.59. The number of carboxylic acid groups (broad SMARTS) is 1. The number of aliphatic carboxylic acids is 1. The SMILES string of the molecule is C=C1CC23CCC1CC2C(C)(CCC(=O)O)C(C(=C)C)CC3. The molecule has 4 saturated carbocycles. The lowest BCUT2D eigenvalue weighted by Gasteiger charge is -2.64. The van der Waals surface area contributed by atoms with Gasteiger partial charge in [-0.1, -0.05) is 31.2 Å².